The van der Waals surface area contributed by atoms with Gasteiger partial charge in [0.05, 0.1) is 5.69 Å². The molecule has 80 valence electrons. The van der Waals surface area contributed by atoms with Gasteiger partial charge in [0.25, 0.3) is 0 Å². The lowest BCUT2D eigenvalue weighted by Crippen LogP contribution is -2.06. The molecule has 0 unspecified atom stereocenters. The summed E-state index contributed by atoms with van der Waals surface area (Å²) in [6.45, 7) is 0.924. The third kappa shape index (κ3) is 2.72. The van der Waals surface area contributed by atoms with Gasteiger partial charge in [-0.15, -0.1) is 0 Å². The Balaban J connectivity index is 1.80. The number of hydrogen-bond acceptors (Lipinski definition) is 3. The molecule has 0 spiro atoms. The minimum atomic E-state index is 0.720. The lowest BCUT2D eigenvalue weighted by atomic mass is 10.2. The van der Waals surface area contributed by atoms with Gasteiger partial charge in [-0.25, -0.2) is 4.98 Å². The smallest absolute Gasteiger partial charge is 0.149 e. The number of pyridine rings is 1. The number of nitrogens with zero attached hydrogens (tertiary/aromatic N) is 1. The van der Waals surface area contributed by atoms with Crippen LogP contribution < -0.4 is 11.1 Å². The molecule has 0 amide bonds. The maximum Gasteiger partial charge on any atom is 0.149 e. The van der Waals surface area contributed by atoms with Crippen molar-refractivity contribution in [3.63, 3.8) is 0 Å². The largest absolute Gasteiger partial charge is 0.396 e. The molecular weight excluding hydrogens is 186 g/mol. The second kappa shape index (κ2) is 4.82. The van der Waals surface area contributed by atoms with Gasteiger partial charge in [0.2, 0.25) is 0 Å². The highest BCUT2D eigenvalue weighted by Crippen LogP contribution is 2.21. The predicted molar refractivity (Wildman–Crippen MR) is 63.7 cm³/mol. The monoisotopic (exact) mass is 203 g/mol. The van der Waals surface area contributed by atoms with Crippen LogP contribution in [0.3, 0.4) is 0 Å². The van der Waals surface area contributed by atoms with Crippen molar-refractivity contribution in [2.45, 2.75) is 25.7 Å². The van der Waals surface area contributed by atoms with Gasteiger partial charge < -0.3 is 11.1 Å². The lowest BCUT2D eigenvalue weighted by Gasteiger charge is -2.07. The highest BCUT2D eigenvalue weighted by atomic mass is 15.0. The molecule has 1 aromatic rings. The van der Waals surface area contributed by atoms with Crippen LogP contribution >= 0.6 is 0 Å². The molecule has 1 aromatic heterocycles. The first kappa shape index (κ1) is 10.0. The Hall–Kier alpha value is -1.51. The first-order chi connectivity index (χ1) is 7.36. The van der Waals surface area contributed by atoms with Crippen LogP contribution in [0.15, 0.2) is 30.0 Å². The van der Waals surface area contributed by atoms with Gasteiger partial charge in [-0.2, -0.15) is 0 Å². The van der Waals surface area contributed by atoms with Crippen molar-refractivity contribution < 1.29 is 0 Å². The molecule has 1 aliphatic carbocycles. The van der Waals surface area contributed by atoms with Crippen molar-refractivity contribution in [3.8, 4) is 0 Å². The van der Waals surface area contributed by atoms with Crippen LogP contribution in [0, 0.1) is 0 Å². The van der Waals surface area contributed by atoms with E-state index >= 15 is 0 Å². The van der Waals surface area contributed by atoms with Crippen LogP contribution in [0.2, 0.25) is 0 Å². The molecule has 0 aromatic carbocycles. The summed E-state index contributed by atoms with van der Waals surface area (Å²) in [5, 5.41) is 3.26. The third-order valence-electron chi connectivity index (χ3n) is 2.71. The maximum atomic E-state index is 5.78. The summed E-state index contributed by atoms with van der Waals surface area (Å²) >= 11 is 0. The van der Waals surface area contributed by atoms with Gasteiger partial charge in [-0.05, 0) is 37.8 Å². The second-order valence-corrected chi connectivity index (χ2v) is 3.87. The van der Waals surface area contributed by atoms with Crippen LogP contribution in [0.1, 0.15) is 25.7 Å². The van der Waals surface area contributed by atoms with E-state index in [9.17, 15) is 0 Å². The zero-order chi connectivity index (χ0) is 10.5. The molecule has 0 radical (unpaired) electrons. The molecule has 0 atom stereocenters. The molecule has 0 aliphatic heterocycles. The Bertz CT molecular complexity index is 358. The quantitative estimate of drug-likeness (QED) is 0.739. The van der Waals surface area contributed by atoms with Crippen LogP contribution in [0.5, 0.6) is 0 Å². The summed E-state index contributed by atoms with van der Waals surface area (Å²) in [6.07, 6.45) is 9.05. The van der Waals surface area contributed by atoms with Crippen LogP contribution in [0.4, 0.5) is 11.5 Å². The van der Waals surface area contributed by atoms with Crippen molar-refractivity contribution in [2.75, 3.05) is 17.6 Å². The van der Waals surface area contributed by atoms with E-state index in [-0.39, 0.29) is 0 Å². The minimum Gasteiger partial charge on any atom is -0.396 e. The van der Waals surface area contributed by atoms with E-state index in [4.69, 9.17) is 5.73 Å². The molecule has 1 heterocycles. The minimum absolute atomic E-state index is 0.720. The van der Waals surface area contributed by atoms with Gasteiger partial charge in [0, 0.05) is 12.7 Å². The molecular formula is C12H17N3. The van der Waals surface area contributed by atoms with Gasteiger partial charge >= 0.3 is 0 Å². The average Bonchev–Trinajstić information content (AvgIpc) is 2.74. The number of allylic oxidation sites excluding steroid dienone is 1. The van der Waals surface area contributed by atoms with Crippen molar-refractivity contribution >= 4 is 11.5 Å². The summed E-state index contributed by atoms with van der Waals surface area (Å²) in [6, 6.07) is 3.71. The fraction of sp³-hybridized carbons (Fsp3) is 0.417. The summed E-state index contributed by atoms with van der Waals surface area (Å²) in [4.78, 5) is 4.19. The highest BCUT2D eigenvalue weighted by Gasteiger charge is 2.04. The molecule has 0 saturated carbocycles. The molecule has 3 heteroatoms. The van der Waals surface area contributed by atoms with Gasteiger partial charge in [-0.1, -0.05) is 11.6 Å². The van der Waals surface area contributed by atoms with Crippen LogP contribution in [-0.4, -0.2) is 11.5 Å². The number of rotatable bonds is 4. The molecule has 3 nitrogen and oxygen atoms in total. The van der Waals surface area contributed by atoms with E-state index in [1.165, 1.54) is 19.3 Å². The molecule has 0 saturated heterocycles. The van der Waals surface area contributed by atoms with Crippen LogP contribution in [0.25, 0.3) is 0 Å². The number of hydrogen-bond donors (Lipinski definition) is 2. The number of nitrogens with two attached hydrogens (primary N) is 1. The maximum absolute atomic E-state index is 5.78. The first-order valence-electron chi connectivity index (χ1n) is 5.48. The van der Waals surface area contributed by atoms with E-state index in [1.54, 1.807) is 11.8 Å². The zero-order valence-corrected chi connectivity index (χ0v) is 8.87. The first-order valence-corrected chi connectivity index (χ1v) is 5.48. The molecule has 3 N–H and O–H groups in total. The number of aromatic nitrogens is 1. The summed E-state index contributed by atoms with van der Waals surface area (Å²) in [7, 11) is 0. The SMILES string of the molecule is Nc1cccnc1NCCC1=CCCC1. The number of nitrogen functional groups attached to an aromatic ring is 1. The lowest BCUT2D eigenvalue weighted by molar-refractivity contribution is 0.862. The number of anilines is 2. The molecule has 0 bridgehead atoms. The van der Waals surface area contributed by atoms with Crippen LogP contribution in [-0.2, 0) is 0 Å². The Morgan fingerprint density at radius 2 is 2.40 bits per heavy atom. The average molecular weight is 203 g/mol. The summed E-state index contributed by atoms with van der Waals surface area (Å²) in [5.74, 6) is 0.802. The Morgan fingerprint density at radius 1 is 1.47 bits per heavy atom. The van der Waals surface area contributed by atoms with Gasteiger partial charge in [0.15, 0.2) is 0 Å². The Kier molecular flexibility index (Phi) is 3.22. The highest BCUT2D eigenvalue weighted by molar-refractivity contribution is 5.60. The van der Waals surface area contributed by atoms with E-state index in [0.717, 1.165) is 24.5 Å². The molecule has 15 heavy (non-hydrogen) atoms. The topological polar surface area (TPSA) is 50.9 Å². The van der Waals surface area contributed by atoms with E-state index in [1.807, 2.05) is 12.1 Å². The fourth-order valence-corrected chi connectivity index (χ4v) is 1.87. The van der Waals surface area contributed by atoms with E-state index in [0.29, 0.717) is 0 Å². The van der Waals surface area contributed by atoms with Crippen molar-refractivity contribution in [1.29, 1.82) is 0 Å². The standard InChI is InChI=1S/C12H17N3/c13-11-6-3-8-14-12(11)15-9-7-10-4-1-2-5-10/h3-4,6,8H,1-2,5,7,9,13H2,(H,14,15). The van der Waals surface area contributed by atoms with Crippen molar-refractivity contribution in [1.82, 2.24) is 4.98 Å². The molecule has 2 rings (SSSR count). The van der Waals surface area contributed by atoms with Gasteiger partial charge in [-0.3, -0.25) is 0 Å². The van der Waals surface area contributed by atoms with E-state index in [2.05, 4.69) is 16.4 Å². The second-order valence-electron chi connectivity index (χ2n) is 3.87. The van der Waals surface area contributed by atoms with E-state index < -0.39 is 0 Å². The summed E-state index contributed by atoms with van der Waals surface area (Å²) < 4.78 is 0. The Morgan fingerprint density at radius 3 is 3.13 bits per heavy atom. The van der Waals surface area contributed by atoms with Gasteiger partial charge in [0.1, 0.15) is 5.82 Å². The fourth-order valence-electron chi connectivity index (χ4n) is 1.87. The number of nitrogens with one attached hydrogen (secondary N) is 1. The summed E-state index contributed by atoms with van der Waals surface area (Å²) in [5.41, 5.74) is 8.06. The van der Waals surface area contributed by atoms with Crippen molar-refractivity contribution in [3.05, 3.63) is 30.0 Å². The zero-order valence-electron chi connectivity index (χ0n) is 8.87. The normalized spacial score (nSPS) is 15.1. The van der Waals surface area contributed by atoms with Crippen molar-refractivity contribution in [2.24, 2.45) is 0 Å². The Labute approximate surface area is 90.4 Å². The predicted octanol–water partition coefficient (Wildman–Crippen LogP) is 2.58. The molecule has 1 aliphatic rings. The third-order valence-corrected chi connectivity index (χ3v) is 2.71. The molecule has 0 fully saturated rings.